The molecule has 1 saturated heterocycles. The summed E-state index contributed by atoms with van der Waals surface area (Å²) in [6.07, 6.45) is 3.02. The standard InChI is InChI=1S/C11H17N3/c12-7-9-4-6-13-8-10(9)11-3-1-2-5-14-11/h1-3,5,9-10,13H,4,6-8,12H2. The van der Waals surface area contributed by atoms with Crippen LogP contribution in [-0.4, -0.2) is 24.6 Å². The molecular formula is C11H17N3. The van der Waals surface area contributed by atoms with Crippen molar-refractivity contribution in [1.29, 1.82) is 0 Å². The summed E-state index contributed by atoms with van der Waals surface area (Å²) in [5.74, 6) is 1.08. The molecule has 2 unspecified atom stereocenters. The van der Waals surface area contributed by atoms with Gasteiger partial charge in [-0.25, -0.2) is 0 Å². The van der Waals surface area contributed by atoms with Gasteiger partial charge in [0, 0.05) is 24.4 Å². The van der Waals surface area contributed by atoms with E-state index in [2.05, 4.69) is 16.4 Å². The average molecular weight is 191 g/mol. The number of piperidine rings is 1. The predicted molar refractivity (Wildman–Crippen MR) is 57.0 cm³/mol. The molecule has 0 amide bonds. The van der Waals surface area contributed by atoms with Crippen molar-refractivity contribution in [3.05, 3.63) is 30.1 Å². The number of nitrogens with zero attached hydrogens (tertiary/aromatic N) is 1. The summed E-state index contributed by atoms with van der Waals surface area (Å²) in [7, 11) is 0. The zero-order valence-electron chi connectivity index (χ0n) is 8.32. The lowest BCUT2D eigenvalue weighted by molar-refractivity contribution is 0.326. The summed E-state index contributed by atoms with van der Waals surface area (Å²) in [6, 6.07) is 6.10. The van der Waals surface area contributed by atoms with E-state index in [0.29, 0.717) is 11.8 Å². The van der Waals surface area contributed by atoms with Crippen LogP contribution in [0.3, 0.4) is 0 Å². The topological polar surface area (TPSA) is 50.9 Å². The zero-order valence-corrected chi connectivity index (χ0v) is 8.32. The molecule has 1 aromatic rings. The Hall–Kier alpha value is -0.930. The van der Waals surface area contributed by atoms with Crippen LogP contribution >= 0.6 is 0 Å². The number of nitrogens with one attached hydrogen (secondary N) is 1. The van der Waals surface area contributed by atoms with Crippen LogP contribution in [0, 0.1) is 5.92 Å². The molecule has 76 valence electrons. The van der Waals surface area contributed by atoms with Gasteiger partial charge in [-0.15, -0.1) is 0 Å². The lowest BCUT2D eigenvalue weighted by Gasteiger charge is -2.30. The van der Waals surface area contributed by atoms with Crippen LogP contribution in [0.4, 0.5) is 0 Å². The van der Waals surface area contributed by atoms with Gasteiger partial charge in [0.05, 0.1) is 0 Å². The third kappa shape index (κ3) is 1.94. The van der Waals surface area contributed by atoms with Gasteiger partial charge < -0.3 is 11.1 Å². The highest BCUT2D eigenvalue weighted by Crippen LogP contribution is 2.26. The zero-order chi connectivity index (χ0) is 9.80. The molecule has 1 aliphatic heterocycles. The van der Waals surface area contributed by atoms with Crippen molar-refractivity contribution < 1.29 is 0 Å². The predicted octanol–water partition coefficient (Wildman–Crippen LogP) is 0.733. The molecule has 0 bridgehead atoms. The maximum atomic E-state index is 5.78. The van der Waals surface area contributed by atoms with Crippen LogP contribution in [0.25, 0.3) is 0 Å². The Morgan fingerprint density at radius 1 is 1.50 bits per heavy atom. The van der Waals surface area contributed by atoms with Gasteiger partial charge in [-0.3, -0.25) is 4.98 Å². The number of hydrogen-bond donors (Lipinski definition) is 2. The maximum Gasteiger partial charge on any atom is 0.0450 e. The highest BCUT2D eigenvalue weighted by Gasteiger charge is 2.25. The molecule has 1 fully saturated rings. The van der Waals surface area contributed by atoms with Crippen molar-refractivity contribution >= 4 is 0 Å². The van der Waals surface area contributed by atoms with E-state index in [4.69, 9.17) is 5.73 Å². The van der Waals surface area contributed by atoms with E-state index in [1.165, 1.54) is 5.69 Å². The Morgan fingerprint density at radius 3 is 3.14 bits per heavy atom. The summed E-state index contributed by atoms with van der Waals surface area (Å²) < 4.78 is 0. The smallest absolute Gasteiger partial charge is 0.0450 e. The third-order valence-electron chi connectivity index (χ3n) is 3.00. The fraction of sp³-hybridized carbons (Fsp3) is 0.545. The minimum atomic E-state index is 0.495. The molecular weight excluding hydrogens is 174 g/mol. The van der Waals surface area contributed by atoms with E-state index in [9.17, 15) is 0 Å². The fourth-order valence-corrected chi connectivity index (χ4v) is 2.14. The Bertz CT molecular complexity index is 273. The van der Waals surface area contributed by atoms with Crippen molar-refractivity contribution in [2.45, 2.75) is 12.3 Å². The Kier molecular flexibility index (Phi) is 3.11. The summed E-state index contributed by atoms with van der Waals surface area (Å²) in [4.78, 5) is 4.41. The highest BCUT2D eigenvalue weighted by atomic mass is 14.9. The molecule has 1 aromatic heterocycles. The van der Waals surface area contributed by atoms with Crippen molar-refractivity contribution in [2.75, 3.05) is 19.6 Å². The quantitative estimate of drug-likeness (QED) is 0.724. The Morgan fingerprint density at radius 2 is 2.43 bits per heavy atom. The second-order valence-electron chi connectivity index (χ2n) is 3.85. The van der Waals surface area contributed by atoms with Crippen LogP contribution in [0.5, 0.6) is 0 Å². The molecule has 0 aromatic carbocycles. The monoisotopic (exact) mass is 191 g/mol. The highest BCUT2D eigenvalue weighted by molar-refractivity contribution is 5.12. The second-order valence-corrected chi connectivity index (χ2v) is 3.85. The third-order valence-corrected chi connectivity index (χ3v) is 3.00. The summed E-state index contributed by atoms with van der Waals surface area (Å²) in [5.41, 5.74) is 6.95. The molecule has 0 radical (unpaired) electrons. The number of aromatic nitrogens is 1. The number of hydrogen-bond acceptors (Lipinski definition) is 3. The second kappa shape index (κ2) is 4.53. The molecule has 0 spiro atoms. The lowest BCUT2D eigenvalue weighted by atomic mass is 9.84. The van der Waals surface area contributed by atoms with Gasteiger partial charge in [-0.2, -0.15) is 0 Å². The van der Waals surface area contributed by atoms with Crippen LogP contribution < -0.4 is 11.1 Å². The molecule has 2 atom stereocenters. The van der Waals surface area contributed by atoms with Gasteiger partial charge in [0.1, 0.15) is 0 Å². The maximum absolute atomic E-state index is 5.78. The minimum Gasteiger partial charge on any atom is -0.330 e. The Labute approximate surface area is 84.7 Å². The van der Waals surface area contributed by atoms with Crippen molar-refractivity contribution in [3.63, 3.8) is 0 Å². The summed E-state index contributed by atoms with van der Waals surface area (Å²) in [6.45, 7) is 2.87. The van der Waals surface area contributed by atoms with E-state index >= 15 is 0 Å². The van der Waals surface area contributed by atoms with E-state index < -0.39 is 0 Å². The number of rotatable bonds is 2. The van der Waals surface area contributed by atoms with E-state index in [-0.39, 0.29) is 0 Å². The first kappa shape index (κ1) is 9.62. The molecule has 14 heavy (non-hydrogen) atoms. The molecule has 3 N–H and O–H groups in total. The van der Waals surface area contributed by atoms with Crippen LogP contribution in [0.15, 0.2) is 24.4 Å². The number of nitrogens with two attached hydrogens (primary N) is 1. The lowest BCUT2D eigenvalue weighted by Crippen LogP contribution is -2.38. The van der Waals surface area contributed by atoms with Gasteiger partial charge >= 0.3 is 0 Å². The van der Waals surface area contributed by atoms with Gasteiger partial charge in [-0.1, -0.05) is 6.07 Å². The van der Waals surface area contributed by atoms with Crippen LogP contribution in [0.2, 0.25) is 0 Å². The first-order chi connectivity index (χ1) is 6.92. The van der Waals surface area contributed by atoms with Gasteiger partial charge in [0.15, 0.2) is 0 Å². The van der Waals surface area contributed by atoms with Gasteiger partial charge in [0.25, 0.3) is 0 Å². The SMILES string of the molecule is NCC1CCNCC1c1ccccn1. The molecule has 3 nitrogen and oxygen atoms in total. The van der Waals surface area contributed by atoms with Crippen LogP contribution in [-0.2, 0) is 0 Å². The first-order valence-electron chi connectivity index (χ1n) is 5.23. The van der Waals surface area contributed by atoms with Crippen molar-refractivity contribution in [2.24, 2.45) is 11.7 Å². The Balaban J connectivity index is 2.15. The van der Waals surface area contributed by atoms with E-state index in [1.54, 1.807) is 0 Å². The summed E-state index contributed by atoms with van der Waals surface area (Å²) in [5, 5.41) is 3.40. The fourth-order valence-electron chi connectivity index (χ4n) is 2.14. The number of pyridine rings is 1. The molecule has 0 aliphatic carbocycles. The molecule has 1 aliphatic rings. The first-order valence-corrected chi connectivity index (χ1v) is 5.23. The molecule has 3 heteroatoms. The summed E-state index contributed by atoms with van der Waals surface area (Å²) >= 11 is 0. The van der Waals surface area contributed by atoms with E-state index in [0.717, 1.165) is 26.1 Å². The average Bonchev–Trinajstić information content (AvgIpc) is 2.30. The van der Waals surface area contributed by atoms with Crippen LogP contribution in [0.1, 0.15) is 18.0 Å². The molecule has 2 heterocycles. The van der Waals surface area contributed by atoms with Crippen molar-refractivity contribution in [1.82, 2.24) is 10.3 Å². The van der Waals surface area contributed by atoms with E-state index in [1.807, 2.05) is 18.3 Å². The largest absolute Gasteiger partial charge is 0.330 e. The minimum absolute atomic E-state index is 0.495. The molecule has 2 rings (SSSR count). The van der Waals surface area contributed by atoms with Gasteiger partial charge in [-0.05, 0) is 37.6 Å². The molecule has 0 saturated carbocycles. The van der Waals surface area contributed by atoms with Gasteiger partial charge in [0.2, 0.25) is 0 Å². The normalized spacial score (nSPS) is 27.5. The van der Waals surface area contributed by atoms with Crippen molar-refractivity contribution in [3.8, 4) is 0 Å².